The van der Waals surface area contributed by atoms with Crippen molar-refractivity contribution in [1.82, 2.24) is 14.5 Å². The van der Waals surface area contributed by atoms with Gasteiger partial charge >= 0.3 is 0 Å². The highest BCUT2D eigenvalue weighted by Crippen LogP contribution is 2.28. The molecule has 0 aliphatic carbocycles. The van der Waals surface area contributed by atoms with Crippen LogP contribution in [0.3, 0.4) is 0 Å². The molecule has 1 unspecified atom stereocenters. The monoisotopic (exact) mass is 347 g/mol. The number of nitrogens with zero attached hydrogens (tertiary/aromatic N) is 3. The van der Waals surface area contributed by atoms with Crippen LogP contribution in [0.5, 0.6) is 5.75 Å². The van der Waals surface area contributed by atoms with Gasteiger partial charge in [0.15, 0.2) is 0 Å². The van der Waals surface area contributed by atoms with Gasteiger partial charge in [-0.1, -0.05) is 36.4 Å². The molecule has 1 fully saturated rings. The van der Waals surface area contributed by atoms with Gasteiger partial charge in [0, 0.05) is 18.9 Å². The maximum absolute atomic E-state index is 5.30. The third kappa shape index (κ3) is 3.65. The predicted octanol–water partition coefficient (Wildman–Crippen LogP) is 4.13. The zero-order valence-corrected chi connectivity index (χ0v) is 15.2. The van der Waals surface area contributed by atoms with Crippen LogP contribution in [-0.2, 0) is 6.54 Å². The lowest BCUT2D eigenvalue weighted by atomic mass is 9.97. The molecule has 0 radical (unpaired) electrons. The van der Waals surface area contributed by atoms with E-state index in [4.69, 9.17) is 4.74 Å². The van der Waals surface area contributed by atoms with Crippen molar-refractivity contribution in [2.24, 2.45) is 0 Å². The number of benzene rings is 2. The number of imidazole rings is 1. The molecular formula is C22H25N3O. The first-order chi connectivity index (χ1) is 12.8. The smallest absolute Gasteiger partial charge is 0.118 e. The van der Waals surface area contributed by atoms with Crippen LogP contribution in [0.1, 0.15) is 35.6 Å². The van der Waals surface area contributed by atoms with Gasteiger partial charge in [-0.05, 0) is 54.8 Å². The molecule has 26 heavy (non-hydrogen) atoms. The van der Waals surface area contributed by atoms with Crippen LogP contribution >= 0.6 is 0 Å². The SMILES string of the molecule is COc1ccc(C(c2ccc(CN3CCCC3)cc2)n2ccnc2)cc1. The van der Waals surface area contributed by atoms with Crippen molar-refractivity contribution in [3.8, 4) is 5.75 Å². The molecule has 1 aromatic heterocycles. The molecule has 2 heterocycles. The summed E-state index contributed by atoms with van der Waals surface area (Å²) < 4.78 is 7.45. The Balaban J connectivity index is 1.61. The number of ether oxygens (including phenoxy) is 1. The summed E-state index contributed by atoms with van der Waals surface area (Å²) in [7, 11) is 1.70. The molecule has 4 heteroatoms. The van der Waals surface area contributed by atoms with Crippen molar-refractivity contribution in [3.63, 3.8) is 0 Å². The summed E-state index contributed by atoms with van der Waals surface area (Å²) in [6.07, 6.45) is 8.40. The van der Waals surface area contributed by atoms with Crippen LogP contribution in [-0.4, -0.2) is 34.7 Å². The Morgan fingerprint density at radius 1 is 0.962 bits per heavy atom. The number of hydrogen-bond acceptors (Lipinski definition) is 3. The first kappa shape index (κ1) is 16.9. The lowest BCUT2D eigenvalue weighted by molar-refractivity contribution is 0.331. The molecule has 1 aliphatic heterocycles. The van der Waals surface area contributed by atoms with Crippen LogP contribution in [0, 0.1) is 0 Å². The van der Waals surface area contributed by atoms with E-state index in [1.165, 1.54) is 42.6 Å². The molecule has 0 amide bonds. The minimum atomic E-state index is 0.115. The molecular weight excluding hydrogens is 322 g/mol. The van der Waals surface area contributed by atoms with E-state index in [1.807, 2.05) is 30.9 Å². The molecule has 4 rings (SSSR count). The molecule has 3 aromatic rings. The van der Waals surface area contributed by atoms with Crippen LogP contribution in [0.4, 0.5) is 0 Å². The molecule has 4 nitrogen and oxygen atoms in total. The van der Waals surface area contributed by atoms with E-state index in [9.17, 15) is 0 Å². The van der Waals surface area contributed by atoms with Crippen molar-refractivity contribution in [1.29, 1.82) is 0 Å². The number of aromatic nitrogens is 2. The third-order valence-corrected chi connectivity index (χ3v) is 5.15. The fraction of sp³-hybridized carbons (Fsp3) is 0.318. The number of rotatable bonds is 6. The average molecular weight is 347 g/mol. The Bertz CT molecular complexity index is 804. The highest BCUT2D eigenvalue weighted by atomic mass is 16.5. The van der Waals surface area contributed by atoms with Gasteiger partial charge in [0.05, 0.1) is 19.5 Å². The van der Waals surface area contributed by atoms with E-state index >= 15 is 0 Å². The van der Waals surface area contributed by atoms with Crippen LogP contribution in [0.25, 0.3) is 0 Å². The van der Waals surface area contributed by atoms with E-state index in [2.05, 4.69) is 50.8 Å². The first-order valence-electron chi connectivity index (χ1n) is 9.26. The Morgan fingerprint density at radius 2 is 1.62 bits per heavy atom. The Labute approximate surface area is 155 Å². The van der Waals surface area contributed by atoms with E-state index in [1.54, 1.807) is 7.11 Å². The second-order valence-electron chi connectivity index (χ2n) is 6.91. The third-order valence-electron chi connectivity index (χ3n) is 5.15. The normalized spacial score (nSPS) is 15.9. The van der Waals surface area contributed by atoms with Crippen molar-refractivity contribution < 1.29 is 4.74 Å². The predicted molar refractivity (Wildman–Crippen MR) is 103 cm³/mol. The zero-order valence-electron chi connectivity index (χ0n) is 15.2. The standard InChI is InChI=1S/C22H25N3O/c1-26-21-10-8-20(9-11-21)22(25-15-12-23-17-25)19-6-4-18(5-7-19)16-24-13-2-3-14-24/h4-12,15,17,22H,2-3,13-14,16H2,1H3. The van der Waals surface area contributed by atoms with E-state index in [0.29, 0.717) is 0 Å². The van der Waals surface area contributed by atoms with Gasteiger partial charge in [0.1, 0.15) is 5.75 Å². The molecule has 1 atom stereocenters. The van der Waals surface area contributed by atoms with Gasteiger partial charge in [0.25, 0.3) is 0 Å². The van der Waals surface area contributed by atoms with Gasteiger partial charge < -0.3 is 9.30 Å². The fourth-order valence-corrected chi connectivity index (χ4v) is 3.75. The molecule has 0 N–H and O–H groups in total. The van der Waals surface area contributed by atoms with Gasteiger partial charge in [-0.3, -0.25) is 4.90 Å². The van der Waals surface area contributed by atoms with Gasteiger partial charge in [-0.25, -0.2) is 4.98 Å². The largest absolute Gasteiger partial charge is 0.497 e. The van der Waals surface area contributed by atoms with Crippen LogP contribution in [0.2, 0.25) is 0 Å². The van der Waals surface area contributed by atoms with Gasteiger partial charge in [0.2, 0.25) is 0 Å². The van der Waals surface area contributed by atoms with Crippen molar-refractivity contribution in [2.45, 2.75) is 25.4 Å². The van der Waals surface area contributed by atoms with Gasteiger partial charge in [-0.15, -0.1) is 0 Å². The maximum Gasteiger partial charge on any atom is 0.118 e. The zero-order chi connectivity index (χ0) is 17.8. The number of methoxy groups -OCH3 is 1. The van der Waals surface area contributed by atoms with E-state index in [0.717, 1.165) is 12.3 Å². The van der Waals surface area contributed by atoms with Crippen molar-refractivity contribution in [3.05, 3.63) is 83.9 Å². The summed E-state index contributed by atoms with van der Waals surface area (Å²) >= 11 is 0. The van der Waals surface area contributed by atoms with Crippen molar-refractivity contribution >= 4 is 0 Å². The fourth-order valence-electron chi connectivity index (χ4n) is 3.75. The topological polar surface area (TPSA) is 30.3 Å². The number of hydrogen-bond donors (Lipinski definition) is 0. The molecule has 0 saturated carbocycles. The maximum atomic E-state index is 5.30. The highest BCUT2D eigenvalue weighted by molar-refractivity contribution is 5.37. The lowest BCUT2D eigenvalue weighted by Gasteiger charge is -2.21. The lowest BCUT2D eigenvalue weighted by Crippen LogP contribution is -2.18. The summed E-state index contributed by atoms with van der Waals surface area (Å²) in [5, 5.41) is 0. The summed E-state index contributed by atoms with van der Waals surface area (Å²) in [6.45, 7) is 3.51. The Hall–Kier alpha value is -2.59. The minimum absolute atomic E-state index is 0.115. The van der Waals surface area contributed by atoms with Crippen LogP contribution < -0.4 is 4.74 Å². The van der Waals surface area contributed by atoms with Crippen molar-refractivity contribution in [2.75, 3.05) is 20.2 Å². The number of likely N-dealkylation sites (tertiary alicyclic amines) is 1. The van der Waals surface area contributed by atoms with Gasteiger partial charge in [-0.2, -0.15) is 0 Å². The second kappa shape index (κ2) is 7.75. The van der Waals surface area contributed by atoms with E-state index < -0.39 is 0 Å². The molecule has 0 bridgehead atoms. The quantitative estimate of drug-likeness (QED) is 0.672. The Morgan fingerprint density at radius 3 is 2.19 bits per heavy atom. The summed E-state index contributed by atoms with van der Waals surface area (Å²) in [5.74, 6) is 0.874. The molecule has 1 saturated heterocycles. The first-order valence-corrected chi connectivity index (χ1v) is 9.26. The molecule has 2 aromatic carbocycles. The minimum Gasteiger partial charge on any atom is -0.497 e. The highest BCUT2D eigenvalue weighted by Gasteiger charge is 2.17. The van der Waals surface area contributed by atoms with Crippen LogP contribution in [0.15, 0.2) is 67.3 Å². The Kier molecular flexibility index (Phi) is 5.02. The average Bonchev–Trinajstić information content (AvgIpc) is 3.38. The summed E-state index contributed by atoms with van der Waals surface area (Å²) in [4.78, 5) is 6.78. The summed E-state index contributed by atoms with van der Waals surface area (Å²) in [5.41, 5.74) is 3.86. The molecule has 1 aliphatic rings. The van der Waals surface area contributed by atoms with E-state index in [-0.39, 0.29) is 6.04 Å². The summed E-state index contributed by atoms with van der Waals surface area (Å²) in [6, 6.07) is 17.4. The second-order valence-corrected chi connectivity index (χ2v) is 6.91. The molecule has 134 valence electrons. The molecule has 0 spiro atoms.